The third kappa shape index (κ3) is 4.63. The van der Waals surface area contributed by atoms with E-state index in [0.717, 1.165) is 16.9 Å². The number of furan rings is 1. The first-order valence-electron chi connectivity index (χ1n) is 12.1. The highest BCUT2D eigenvalue weighted by Gasteiger charge is 2.46. The molecule has 1 aliphatic rings. The highest BCUT2D eigenvalue weighted by Crippen LogP contribution is 2.44. The number of anilines is 1. The number of hydrogen-bond donors (Lipinski definition) is 1. The van der Waals surface area contributed by atoms with Gasteiger partial charge >= 0.3 is 0 Å². The molecule has 0 spiro atoms. The van der Waals surface area contributed by atoms with E-state index in [1.165, 1.54) is 54.1 Å². The monoisotopic (exact) mass is 573 g/mol. The largest absolute Gasteiger partial charge is 0.503 e. The van der Waals surface area contributed by atoms with Crippen LogP contribution in [0.3, 0.4) is 0 Å². The lowest BCUT2D eigenvalue weighted by atomic mass is 9.95. The molecule has 1 unspecified atom stereocenters. The molecule has 11 heteroatoms. The van der Waals surface area contributed by atoms with Gasteiger partial charge in [0.15, 0.2) is 27.2 Å². The number of nitrogens with zero attached hydrogens (tertiary/aromatic N) is 3. The fourth-order valence-corrected chi connectivity index (χ4v) is 6.34. The lowest BCUT2D eigenvalue weighted by Gasteiger charge is -2.23. The van der Waals surface area contributed by atoms with Crippen molar-refractivity contribution in [2.24, 2.45) is 0 Å². The van der Waals surface area contributed by atoms with Gasteiger partial charge in [-0.1, -0.05) is 77.7 Å². The van der Waals surface area contributed by atoms with Gasteiger partial charge in [0.2, 0.25) is 10.9 Å². The summed E-state index contributed by atoms with van der Waals surface area (Å²) in [5, 5.41) is 20.2. The Morgan fingerprint density at radius 3 is 2.62 bits per heavy atom. The lowest BCUT2D eigenvalue weighted by Crippen LogP contribution is -2.31. The predicted octanol–water partition coefficient (Wildman–Crippen LogP) is 6.51. The lowest BCUT2D eigenvalue weighted by molar-refractivity contribution is -0.117. The summed E-state index contributed by atoms with van der Waals surface area (Å²) in [6.07, 6.45) is 0. The number of para-hydroxylation sites is 1. The Morgan fingerprint density at radius 1 is 1.10 bits per heavy atom. The number of carbonyl (C=O) groups is 2. The van der Waals surface area contributed by atoms with Crippen LogP contribution in [0.1, 0.15) is 27.7 Å². The number of fused-ring (bicyclic) bond motifs is 1. The maximum absolute atomic E-state index is 13.8. The first-order valence-corrected chi connectivity index (χ1v) is 13.9. The molecule has 1 atom stereocenters. The molecule has 3 heterocycles. The van der Waals surface area contributed by atoms with Gasteiger partial charge in [-0.2, -0.15) is 0 Å². The van der Waals surface area contributed by atoms with E-state index in [0.29, 0.717) is 32.4 Å². The molecule has 200 valence electrons. The summed E-state index contributed by atoms with van der Waals surface area (Å²) in [5.41, 5.74) is 1.66. The minimum absolute atomic E-state index is 0.0841. The van der Waals surface area contributed by atoms with Crippen LogP contribution in [0.2, 0.25) is 0 Å². The maximum Gasteiger partial charge on any atom is 0.296 e. The van der Waals surface area contributed by atoms with Gasteiger partial charge in [0, 0.05) is 11.1 Å². The summed E-state index contributed by atoms with van der Waals surface area (Å²) in [6, 6.07) is 20.8. The Labute approximate surface area is 235 Å². The van der Waals surface area contributed by atoms with Gasteiger partial charge in [-0.25, -0.2) is 4.39 Å². The smallest absolute Gasteiger partial charge is 0.296 e. The van der Waals surface area contributed by atoms with E-state index in [1.807, 2.05) is 30.3 Å². The number of aliphatic hydroxyl groups is 1. The summed E-state index contributed by atoms with van der Waals surface area (Å²) in [5.74, 6) is -1.73. The number of ether oxygens (including phenoxy) is 1. The van der Waals surface area contributed by atoms with Crippen molar-refractivity contribution in [1.82, 2.24) is 10.2 Å². The molecule has 1 aliphatic heterocycles. The Bertz CT molecular complexity index is 1770. The molecule has 0 fully saturated rings. The van der Waals surface area contributed by atoms with E-state index >= 15 is 0 Å². The third-order valence-corrected chi connectivity index (χ3v) is 8.52. The average Bonchev–Trinajstić information content (AvgIpc) is 3.69. The number of aliphatic hydroxyl groups excluding tert-OH is 1. The molecular weight excluding hydrogens is 553 g/mol. The standard InChI is InChI=1S/C29H20FN3O5S2/c1-37-20-9-5-8-18-14-21(38-26(18)20)24(34)22-23(17-10-12-19(30)13-11-17)33(27(36)25(22)35)28-31-32-29(40-28)39-15-16-6-3-2-4-7-16/h2-14,23,35H,15H2,1H3. The summed E-state index contributed by atoms with van der Waals surface area (Å²) in [4.78, 5) is 28.5. The van der Waals surface area contributed by atoms with E-state index in [9.17, 15) is 19.1 Å². The molecular formula is C29H20FN3O5S2. The number of aromatic nitrogens is 2. The summed E-state index contributed by atoms with van der Waals surface area (Å²) in [6.45, 7) is 0. The predicted molar refractivity (Wildman–Crippen MR) is 149 cm³/mol. The first-order chi connectivity index (χ1) is 19.4. The van der Waals surface area contributed by atoms with Crippen molar-refractivity contribution in [3.05, 3.63) is 113 Å². The van der Waals surface area contributed by atoms with E-state index < -0.39 is 29.3 Å². The van der Waals surface area contributed by atoms with Crippen LogP contribution in [0.4, 0.5) is 9.52 Å². The second kappa shape index (κ2) is 10.6. The normalized spacial score (nSPS) is 15.3. The Kier molecular flexibility index (Phi) is 6.82. The highest BCUT2D eigenvalue weighted by molar-refractivity contribution is 8.00. The van der Waals surface area contributed by atoms with Crippen LogP contribution in [0.25, 0.3) is 11.0 Å². The second-order valence-corrected chi connectivity index (χ2v) is 11.0. The van der Waals surface area contributed by atoms with Gasteiger partial charge in [0.05, 0.1) is 18.7 Å². The van der Waals surface area contributed by atoms with Crippen LogP contribution in [0.15, 0.2) is 99.0 Å². The van der Waals surface area contributed by atoms with Crippen molar-refractivity contribution in [2.75, 3.05) is 12.0 Å². The number of methoxy groups -OCH3 is 1. The highest BCUT2D eigenvalue weighted by atomic mass is 32.2. The quantitative estimate of drug-likeness (QED) is 0.127. The molecule has 40 heavy (non-hydrogen) atoms. The number of Topliss-reactive ketones (excluding diaryl/α,β-unsaturated/α-hetero) is 1. The molecule has 8 nitrogen and oxygen atoms in total. The van der Waals surface area contributed by atoms with Crippen LogP contribution in [-0.2, 0) is 10.5 Å². The van der Waals surface area contributed by atoms with E-state index in [4.69, 9.17) is 9.15 Å². The van der Waals surface area contributed by atoms with Gasteiger partial charge in [0.25, 0.3) is 5.91 Å². The Morgan fingerprint density at radius 2 is 1.88 bits per heavy atom. The number of ketones is 1. The summed E-state index contributed by atoms with van der Waals surface area (Å²) in [7, 11) is 1.49. The first kappa shape index (κ1) is 25.8. The topological polar surface area (TPSA) is 106 Å². The fourth-order valence-electron chi connectivity index (χ4n) is 4.51. The van der Waals surface area contributed by atoms with E-state index in [1.54, 1.807) is 18.2 Å². The van der Waals surface area contributed by atoms with Crippen LogP contribution in [0.5, 0.6) is 5.75 Å². The van der Waals surface area contributed by atoms with Crippen LogP contribution in [-0.4, -0.2) is 34.1 Å². The number of benzene rings is 3. The number of amides is 1. The molecule has 2 aromatic heterocycles. The minimum Gasteiger partial charge on any atom is -0.503 e. The Balaban J connectivity index is 1.38. The maximum atomic E-state index is 13.8. The van der Waals surface area contributed by atoms with Crippen molar-refractivity contribution < 1.29 is 28.2 Å². The van der Waals surface area contributed by atoms with Gasteiger partial charge in [-0.3, -0.25) is 14.5 Å². The zero-order valence-corrected chi connectivity index (χ0v) is 22.5. The van der Waals surface area contributed by atoms with E-state index in [-0.39, 0.29) is 16.5 Å². The third-order valence-electron chi connectivity index (χ3n) is 6.40. The van der Waals surface area contributed by atoms with Gasteiger partial charge in [-0.15, -0.1) is 10.2 Å². The van der Waals surface area contributed by atoms with Crippen LogP contribution < -0.4 is 9.64 Å². The molecule has 1 N–H and O–H groups in total. The number of thioether (sulfide) groups is 1. The average molecular weight is 574 g/mol. The zero-order valence-electron chi connectivity index (χ0n) is 20.9. The molecule has 0 bridgehead atoms. The van der Waals surface area contributed by atoms with Crippen molar-refractivity contribution in [2.45, 2.75) is 16.1 Å². The molecule has 3 aromatic carbocycles. The molecule has 1 amide bonds. The molecule has 5 aromatic rings. The molecule has 0 saturated heterocycles. The number of rotatable bonds is 8. The van der Waals surface area contributed by atoms with Crippen molar-refractivity contribution in [3.63, 3.8) is 0 Å². The fraction of sp³-hybridized carbons (Fsp3) is 0.103. The molecule has 6 rings (SSSR count). The minimum atomic E-state index is -1.09. The number of halogens is 1. The molecule has 0 aliphatic carbocycles. The van der Waals surface area contributed by atoms with Crippen molar-refractivity contribution in [1.29, 1.82) is 0 Å². The van der Waals surface area contributed by atoms with Gasteiger partial charge < -0.3 is 14.3 Å². The van der Waals surface area contributed by atoms with Gasteiger partial charge in [0.1, 0.15) is 5.82 Å². The van der Waals surface area contributed by atoms with Crippen molar-refractivity contribution in [3.8, 4) is 5.75 Å². The van der Waals surface area contributed by atoms with Gasteiger partial charge in [-0.05, 0) is 35.4 Å². The molecule has 0 saturated carbocycles. The summed E-state index contributed by atoms with van der Waals surface area (Å²) < 4.78 is 25.6. The zero-order chi connectivity index (χ0) is 27.8. The van der Waals surface area contributed by atoms with Crippen LogP contribution >= 0.6 is 23.1 Å². The number of hydrogen-bond acceptors (Lipinski definition) is 9. The number of carbonyl (C=O) groups excluding carboxylic acids is 2. The van der Waals surface area contributed by atoms with Crippen LogP contribution in [0, 0.1) is 5.82 Å². The second-order valence-electron chi connectivity index (χ2n) is 8.83. The molecule has 0 radical (unpaired) electrons. The van der Waals surface area contributed by atoms with E-state index in [2.05, 4.69) is 10.2 Å². The van der Waals surface area contributed by atoms with Crippen molar-refractivity contribution >= 4 is 50.9 Å². The summed E-state index contributed by atoms with van der Waals surface area (Å²) >= 11 is 2.61. The Hall–Kier alpha value is -4.48. The SMILES string of the molecule is COc1cccc2cc(C(=O)C3=C(O)C(=O)N(c4nnc(SCc5ccccc5)s4)C3c3ccc(F)cc3)oc12.